The predicted octanol–water partition coefficient (Wildman–Crippen LogP) is 5.41. The number of rotatable bonds is 3. The van der Waals surface area contributed by atoms with Gasteiger partial charge in [-0.25, -0.2) is 0 Å². The number of benzene rings is 2. The molecule has 3 heteroatoms. The summed E-state index contributed by atoms with van der Waals surface area (Å²) in [5.41, 5.74) is 3.53. The molecule has 0 aliphatic rings. The quantitative estimate of drug-likeness (QED) is 0.703. The minimum Gasteiger partial charge on any atom is -0.487 e. The monoisotopic (exact) mass is 368 g/mol. The Morgan fingerprint density at radius 1 is 1.06 bits per heavy atom. The number of hydrogen-bond donors (Lipinski definition) is 0. The molecule has 0 fully saturated rings. The maximum atomic E-state index is 5.90. The second kappa shape index (κ2) is 5.89. The molecule has 2 rings (SSSR count). The lowest BCUT2D eigenvalue weighted by Gasteiger charge is -2.12. The van der Waals surface area contributed by atoms with Crippen LogP contribution >= 0.6 is 31.9 Å². The standard InChI is InChI=1S/C15H14Br2O/c1-10-6-11(2)15(14(17)7-10)18-9-12-4-3-5-13(16)8-12/h3-8H,9H2,1-2H3. The van der Waals surface area contributed by atoms with Crippen LogP contribution in [-0.2, 0) is 6.61 Å². The van der Waals surface area contributed by atoms with Gasteiger partial charge in [0.15, 0.2) is 0 Å². The van der Waals surface area contributed by atoms with E-state index in [0.29, 0.717) is 6.61 Å². The predicted molar refractivity (Wildman–Crippen MR) is 82.1 cm³/mol. The van der Waals surface area contributed by atoms with Crippen LogP contribution in [0, 0.1) is 13.8 Å². The van der Waals surface area contributed by atoms with Crippen LogP contribution in [0.3, 0.4) is 0 Å². The summed E-state index contributed by atoms with van der Waals surface area (Å²) in [6.07, 6.45) is 0. The van der Waals surface area contributed by atoms with Crippen molar-refractivity contribution in [3.05, 3.63) is 62.0 Å². The first-order chi connectivity index (χ1) is 8.56. The molecule has 18 heavy (non-hydrogen) atoms. The van der Waals surface area contributed by atoms with E-state index in [2.05, 4.69) is 70.0 Å². The van der Waals surface area contributed by atoms with Gasteiger partial charge in [-0.3, -0.25) is 0 Å². The summed E-state index contributed by atoms with van der Waals surface area (Å²) >= 11 is 7.01. The fraction of sp³-hybridized carbons (Fsp3) is 0.200. The minimum atomic E-state index is 0.571. The largest absolute Gasteiger partial charge is 0.487 e. The lowest BCUT2D eigenvalue weighted by molar-refractivity contribution is 0.302. The Morgan fingerprint density at radius 3 is 2.50 bits per heavy atom. The summed E-state index contributed by atoms with van der Waals surface area (Å²) in [6, 6.07) is 12.3. The average Bonchev–Trinajstić information content (AvgIpc) is 2.27. The van der Waals surface area contributed by atoms with E-state index in [9.17, 15) is 0 Å². The Labute approximate surface area is 124 Å². The fourth-order valence-electron chi connectivity index (χ4n) is 1.87. The average molecular weight is 370 g/mol. The molecule has 0 heterocycles. The van der Waals surface area contributed by atoms with Crippen LogP contribution in [-0.4, -0.2) is 0 Å². The van der Waals surface area contributed by atoms with Gasteiger partial charge in [0.2, 0.25) is 0 Å². The number of hydrogen-bond acceptors (Lipinski definition) is 1. The van der Waals surface area contributed by atoms with Crippen LogP contribution in [0.4, 0.5) is 0 Å². The second-order valence-corrected chi connectivity index (χ2v) is 6.08. The van der Waals surface area contributed by atoms with E-state index in [1.807, 2.05) is 12.1 Å². The zero-order valence-corrected chi connectivity index (χ0v) is 13.5. The molecule has 0 spiro atoms. The molecule has 0 aliphatic heterocycles. The number of halogens is 2. The van der Waals surface area contributed by atoms with E-state index in [1.54, 1.807) is 0 Å². The highest BCUT2D eigenvalue weighted by Crippen LogP contribution is 2.30. The van der Waals surface area contributed by atoms with Gasteiger partial charge in [-0.1, -0.05) is 34.1 Å². The molecular formula is C15H14Br2O. The Bertz CT molecular complexity index is 541. The normalized spacial score (nSPS) is 10.4. The van der Waals surface area contributed by atoms with Gasteiger partial charge < -0.3 is 4.74 Å². The zero-order valence-electron chi connectivity index (χ0n) is 10.3. The van der Waals surface area contributed by atoms with Crippen molar-refractivity contribution in [3.8, 4) is 5.75 Å². The second-order valence-electron chi connectivity index (χ2n) is 4.31. The number of ether oxygens (including phenoxy) is 1. The van der Waals surface area contributed by atoms with E-state index in [1.165, 1.54) is 5.56 Å². The Hall–Kier alpha value is -0.800. The maximum Gasteiger partial charge on any atom is 0.136 e. The molecule has 1 nitrogen and oxygen atoms in total. The van der Waals surface area contributed by atoms with E-state index >= 15 is 0 Å². The molecule has 0 unspecified atom stereocenters. The molecule has 0 amide bonds. The van der Waals surface area contributed by atoms with Crippen molar-refractivity contribution in [2.75, 3.05) is 0 Å². The molecule has 0 saturated heterocycles. The van der Waals surface area contributed by atoms with Crippen LogP contribution in [0.2, 0.25) is 0 Å². The van der Waals surface area contributed by atoms with Crippen LogP contribution in [0.15, 0.2) is 45.3 Å². The van der Waals surface area contributed by atoms with Crippen molar-refractivity contribution < 1.29 is 4.74 Å². The van der Waals surface area contributed by atoms with E-state index in [-0.39, 0.29) is 0 Å². The molecule has 0 atom stereocenters. The molecule has 0 radical (unpaired) electrons. The van der Waals surface area contributed by atoms with Crippen LogP contribution in [0.5, 0.6) is 5.75 Å². The molecule has 2 aromatic carbocycles. The van der Waals surface area contributed by atoms with Gasteiger partial charge in [-0.05, 0) is 64.7 Å². The molecule has 2 aromatic rings. The highest BCUT2D eigenvalue weighted by Gasteiger charge is 2.06. The molecule has 0 aromatic heterocycles. The van der Waals surface area contributed by atoms with Gasteiger partial charge in [-0.15, -0.1) is 0 Å². The van der Waals surface area contributed by atoms with Crippen molar-refractivity contribution >= 4 is 31.9 Å². The summed E-state index contributed by atoms with van der Waals surface area (Å²) in [7, 11) is 0. The van der Waals surface area contributed by atoms with Crippen molar-refractivity contribution in [3.63, 3.8) is 0 Å². The minimum absolute atomic E-state index is 0.571. The first-order valence-corrected chi connectivity index (χ1v) is 7.29. The molecule has 0 saturated carbocycles. The zero-order chi connectivity index (χ0) is 13.1. The van der Waals surface area contributed by atoms with Crippen LogP contribution in [0.1, 0.15) is 16.7 Å². The van der Waals surface area contributed by atoms with Gasteiger partial charge in [0.25, 0.3) is 0 Å². The van der Waals surface area contributed by atoms with Crippen molar-refractivity contribution in [2.45, 2.75) is 20.5 Å². The summed E-state index contributed by atoms with van der Waals surface area (Å²) in [6.45, 7) is 4.71. The van der Waals surface area contributed by atoms with E-state index in [0.717, 1.165) is 25.8 Å². The molecule has 0 N–H and O–H groups in total. The molecule has 0 bridgehead atoms. The van der Waals surface area contributed by atoms with Gasteiger partial charge in [0, 0.05) is 4.47 Å². The van der Waals surface area contributed by atoms with Crippen molar-refractivity contribution in [2.24, 2.45) is 0 Å². The lowest BCUT2D eigenvalue weighted by Crippen LogP contribution is -1.98. The van der Waals surface area contributed by atoms with Gasteiger partial charge >= 0.3 is 0 Å². The first-order valence-electron chi connectivity index (χ1n) is 5.70. The molecule has 0 aliphatic carbocycles. The van der Waals surface area contributed by atoms with E-state index < -0.39 is 0 Å². The summed E-state index contributed by atoms with van der Waals surface area (Å²) in [5.74, 6) is 0.917. The fourth-order valence-corrected chi connectivity index (χ4v) is 3.10. The summed E-state index contributed by atoms with van der Waals surface area (Å²) < 4.78 is 7.98. The van der Waals surface area contributed by atoms with Crippen LogP contribution < -0.4 is 4.74 Å². The third-order valence-corrected chi connectivity index (χ3v) is 3.73. The Kier molecular flexibility index (Phi) is 4.46. The molecular weight excluding hydrogens is 356 g/mol. The SMILES string of the molecule is Cc1cc(C)c(OCc2cccc(Br)c2)c(Br)c1. The third-order valence-electron chi connectivity index (χ3n) is 2.65. The lowest BCUT2D eigenvalue weighted by atomic mass is 10.1. The maximum absolute atomic E-state index is 5.90. The Balaban J connectivity index is 2.16. The Morgan fingerprint density at radius 2 is 1.83 bits per heavy atom. The van der Waals surface area contributed by atoms with E-state index in [4.69, 9.17) is 4.74 Å². The molecule has 94 valence electrons. The number of aryl methyl sites for hydroxylation is 2. The van der Waals surface area contributed by atoms with Crippen LogP contribution in [0.25, 0.3) is 0 Å². The van der Waals surface area contributed by atoms with Gasteiger partial charge in [0.05, 0.1) is 4.47 Å². The third kappa shape index (κ3) is 3.36. The van der Waals surface area contributed by atoms with Gasteiger partial charge in [0.1, 0.15) is 12.4 Å². The van der Waals surface area contributed by atoms with Gasteiger partial charge in [-0.2, -0.15) is 0 Å². The highest BCUT2D eigenvalue weighted by molar-refractivity contribution is 9.10. The smallest absolute Gasteiger partial charge is 0.136 e. The summed E-state index contributed by atoms with van der Waals surface area (Å²) in [5, 5.41) is 0. The van der Waals surface area contributed by atoms with Crippen molar-refractivity contribution in [1.82, 2.24) is 0 Å². The topological polar surface area (TPSA) is 9.23 Å². The first kappa shape index (κ1) is 13.6. The van der Waals surface area contributed by atoms with Crippen molar-refractivity contribution in [1.29, 1.82) is 0 Å². The summed E-state index contributed by atoms with van der Waals surface area (Å²) in [4.78, 5) is 0. The highest BCUT2D eigenvalue weighted by atomic mass is 79.9.